The third kappa shape index (κ3) is 4.75. The molecule has 0 amide bonds. The van der Waals surface area contributed by atoms with Crippen molar-refractivity contribution in [1.29, 1.82) is 0 Å². The molecule has 0 aliphatic rings. The highest BCUT2D eigenvalue weighted by molar-refractivity contribution is 5.89. The van der Waals surface area contributed by atoms with E-state index >= 15 is 0 Å². The summed E-state index contributed by atoms with van der Waals surface area (Å²) in [6.45, 7) is 0.913. The molecule has 4 atom stereocenters. The highest BCUT2D eigenvalue weighted by Gasteiger charge is 2.48. The van der Waals surface area contributed by atoms with Crippen LogP contribution in [0.2, 0.25) is 0 Å². The lowest BCUT2D eigenvalue weighted by Gasteiger charge is -2.27. The average Bonchev–Trinajstić information content (AvgIpc) is 2.30. The molecule has 0 aromatic rings. The molecule has 21 heavy (non-hydrogen) atoms. The van der Waals surface area contributed by atoms with Crippen LogP contribution in [-0.4, -0.2) is 55.4 Å². The summed E-state index contributed by atoms with van der Waals surface area (Å²) in [6, 6.07) is 0. The number of carboxylic acids is 5. The van der Waals surface area contributed by atoms with Crippen molar-refractivity contribution in [3.05, 3.63) is 0 Å². The molecule has 0 spiro atoms. The molecule has 4 unspecified atom stereocenters. The zero-order valence-corrected chi connectivity index (χ0v) is 10.8. The molecule has 0 bridgehead atoms. The number of aliphatic carboxylic acids is 5. The van der Waals surface area contributed by atoms with Crippen LogP contribution in [0.25, 0.3) is 0 Å². The average molecular weight is 306 g/mol. The van der Waals surface area contributed by atoms with Crippen LogP contribution in [0.1, 0.15) is 13.3 Å². The third-order valence-electron chi connectivity index (χ3n) is 3.03. The SMILES string of the molecule is CC(C(=O)O)C(C(=O)O)C(C(=O)O)C(CC(=O)O)C(=O)O. The van der Waals surface area contributed by atoms with E-state index in [2.05, 4.69) is 0 Å². The molecule has 0 aromatic carbocycles. The second kappa shape index (κ2) is 7.22. The molecule has 0 aliphatic carbocycles. The van der Waals surface area contributed by atoms with Gasteiger partial charge in [-0.15, -0.1) is 0 Å². The van der Waals surface area contributed by atoms with E-state index < -0.39 is 59.9 Å². The first-order valence-electron chi connectivity index (χ1n) is 5.63. The lowest BCUT2D eigenvalue weighted by atomic mass is 9.74. The minimum Gasteiger partial charge on any atom is -0.481 e. The maximum atomic E-state index is 11.2. The van der Waals surface area contributed by atoms with E-state index in [1.165, 1.54) is 0 Å². The van der Waals surface area contributed by atoms with Crippen molar-refractivity contribution in [3.63, 3.8) is 0 Å². The van der Waals surface area contributed by atoms with Crippen LogP contribution in [0, 0.1) is 23.7 Å². The van der Waals surface area contributed by atoms with Gasteiger partial charge < -0.3 is 25.5 Å². The normalized spacial score (nSPS) is 16.2. The van der Waals surface area contributed by atoms with Gasteiger partial charge in [0, 0.05) is 0 Å². The molecule has 0 radical (unpaired) electrons. The van der Waals surface area contributed by atoms with E-state index in [0.717, 1.165) is 6.92 Å². The van der Waals surface area contributed by atoms with Gasteiger partial charge in [-0.1, -0.05) is 6.92 Å². The largest absolute Gasteiger partial charge is 0.481 e. The number of carboxylic acid groups (broad SMARTS) is 5. The number of rotatable bonds is 9. The smallest absolute Gasteiger partial charge is 0.308 e. The molecule has 0 heterocycles. The minimum absolute atomic E-state index is 0.913. The third-order valence-corrected chi connectivity index (χ3v) is 3.03. The Kier molecular flexibility index (Phi) is 6.31. The van der Waals surface area contributed by atoms with E-state index in [1.807, 2.05) is 0 Å². The Hall–Kier alpha value is -2.65. The fourth-order valence-corrected chi connectivity index (χ4v) is 1.96. The Bertz CT molecular complexity index is 468. The number of hydrogen-bond acceptors (Lipinski definition) is 5. The van der Waals surface area contributed by atoms with E-state index in [1.54, 1.807) is 0 Å². The van der Waals surface area contributed by atoms with Crippen molar-refractivity contribution in [2.24, 2.45) is 23.7 Å². The van der Waals surface area contributed by atoms with Gasteiger partial charge in [0.2, 0.25) is 0 Å². The Morgan fingerprint density at radius 3 is 1.38 bits per heavy atom. The molecule has 0 saturated heterocycles. The fourth-order valence-electron chi connectivity index (χ4n) is 1.96. The van der Waals surface area contributed by atoms with Gasteiger partial charge in [0.15, 0.2) is 0 Å². The quantitative estimate of drug-likeness (QED) is 0.364. The molecule has 118 valence electrons. The zero-order chi connectivity index (χ0) is 16.9. The van der Waals surface area contributed by atoms with Crippen LogP contribution in [0.3, 0.4) is 0 Å². The first-order chi connectivity index (χ1) is 9.50. The summed E-state index contributed by atoms with van der Waals surface area (Å²) < 4.78 is 0. The number of carbonyl (C=O) groups is 5. The second-order valence-electron chi connectivity index (χ2n) is 4.40. The van der Waals surface area contributed by atoms with Crippen LogP contribution in [0.4, 0.5) is 0 Å². The van der Waals surface area contributed by atoms with E-state index in [4.69, 9.17) is 25.5 Å². The fraction of sp³-hybridized carbons (Fsp3) is 0.545. The monoisotopic (exact) mass is 306 g/mol. The van der Waals surface area contributed by atoms with Crippen LogP contribution >= 0.6 is 0 Å². The first kappa shape index (κ1) is 18.4. The molecule has 0 saturated carbocycles. The van der Waals surface area contributed by atoms with Gasteiger partial charge in [0.25, 0.3) is 0 Å². The van der Waals surface area contributed by atoms with Crippen LogP contribution in [0.15, 0.2) is 0 Å². The van der Waals surface area contributed by atoms with Crippen molar-refractivity contribution >= 4 is 29.8 Å². The summed E-state index contributed by atoms with van der Waals surface area (Å²) in [5.41, 5.74) is 0. The molecular formula is C11H14O10. The molecule has 0 fully saturated rings. The van der Waals surface area contributed by atoms with E-state index in [9.17, 15) is 24.0 Å². The lowest BCUT2D eigenvalue weighted by Crippen LogP contribution is -2.44. The highest BCUT2D eigenvalue weighted by atomic mass is 16.4. The Morgan fingerprint density at radius 1 is 0.714 bits per heavy atom. The first-order valence-corrected chi connectivity index (χ1v) is 5.63. The summed E-state index contributed by atoms with van der Waals surface area (Å²) in [7, 11) is 0. The summed E-state index contributed by atoms with van der Waals surface area (Å²) in [5, 5.41) is 44.4. The summed E-state index contributed by atoms with van der Waals surface area (Å²) in [6.07, 6.45) is -1.14. The van der Waals surface area contributed by atoms with Gasteiger partial charge >= 0.3 is 29.8 Å². The molecule has 5 N–H and O–H groups in total. The Labute approximate surface area is 117 Å². The van der Waals surface area contributed by atoms with Gasteiger partial charge in [-0.2, -0.15) is 0 Å². The topological polar surface area (TPSA) is 186 Å². The highest BCUT2D eigenvalue weighted by Crippen LogP contribution is 2.31. The number of hydrogen-bond donors (Lipinski definition) is 5. The van der Waals surface area contributed by atoms with Crippen molar-refractivity contribution in [3.8, 4) is 0 Å². The van der Waals surface area contributed by atoms with Crippen LogP contribution in [-0.2, 0) is 24.0 Å². The molecule has 0 aliphatic heterocycles. The van der Waals surface area contributed by atoms with Crippen molar-refractivity contribution in [2.75, 3.05) is 0 Å². The van der Waals surface area contributed by atoms with Gasteiger partial charge in [0.05, 0.1) is 30.1 Å². The van der Waals surface area contributed by atoms with Gasteiger partial charge in [-0.3, -0.25) is 24.0 Å². The Balaban J connectivity index is 5.84. The predicted octanol–water partition coefficient (Wildman–Crippen LogP) is -0.716. The Morgan fingerprint density at radius 2 is 1.14 bits per heavy atom. The molecule has 10 nitrogen and oxygen atoms in total. The zero-order valence-electron chi connectivity index (χ0n) is 10.8. The second-order valence-corrected chi connectivity index (χ2v) is 4.40. The van der Waals surface area contributed by atoms with Crippen molar-refractivity contribution < 1.29 is 49.5 Å². The minimum atomic E-state index is -2.19. The predicted molar refractivity (Wildman–Crippen MR) is 62.4 cm³/mol. The van der Waals surface area contributed by atoms with Gasteiger partial charge in [-0.25, -0.2) is 0 Å². The van der Waals surface area contributed by atoms with Gasteiger partial charge in [-0.05, 0) is 0 Å². The molecular weight excluding hydrogens is 292 g/mol. The van der Waals surface area contributed by atoms with Crippen LogP contribution < -0.4 is 0 Å². The van der Waals surface area contributed by atoms with E-state index in [0.29, 0.717) is 0 Å². The maximum absolute atomic E-state index is 11.2. The summed E-state index contributed by atoms with van der Waals surface area (Å²) in [5.74, 6) is -16.9. The molecule has 0 rings (SSSR count). The van der Waals surface area contributed by atoms with E-state index in [-0.39, 0.29) is 0 Å². The standard InChI is InChI=1S/C11H14O10/c1-3(8(14)15)6(10(18)19)7(11(20)21)4(9(16)17)2-5(12)13/h3-4,6-7H,2H2,1H3,(H,12,13)(H,14,15)(H,16,17)(H,18,19)(H,20,21). The summed E-state index contributed by atoms with van der Waals surface area (Å²) >= 11 is 0. The van der Waals surface area contributed by atoms with Crippen LogP contribution in [0.5, 0.6) is 0 Å². The maximum Gasteiger partial charge on any atom is 0.308 e. The molecule has 0 aromatic heterocycles. The van der Waals surface area contributed by atoms with Crippen molar-refractivity contribution in [1.82, 2.24) is 0 Å². The molecule has 10 heteroatoms. The lowest BCUT2D eigenvalue weighted by molar-refractivity contribution is -0.169. The summed E-state index contributed by atoms with van der Waals surface area (Å²) in [4.78, 5) is 54.8. The van der Waals surface area contributed by atoms with Gasteiger partial charge in [0.1, 0.15) is 0 Å². The van der Waals surface area contributed by atoms with Crippen molar-refractivity contribution in [2.45, 2.75) is 13.3 Å².